The van der Waals surface area contributed by atoms with Gasteiger partial charge in [0, 0.05) is 4.88 Å². The van der Waals surface area contributed by atoms with Gasteiger partial charge in [-0.05, 0) is 17.9 Å². The van der Waals surface area contributed by atoms with Gasteiger partial charge in [-0.1, -0.05) is 28.9 Å². The summed E-state index contributed by atoms with van der Waals surface area (Å²) in [6.07, 6.45) is 0.816. The van der Waals surface area contributed by atoms with Crippen molar-refractivity contribution in [2.24, 2.45) is 0 Å². The summed E-state index contributed by atoms with van der Waals surface area (Å²) in [6.45, 7) is 2.61. The van der Waals surface area contributed by atoms with E-state index in [0.29, 0.717) is 6.54 Å². The summed E-state index contributed by atoms with van der Waals surface area (Å²) < 4.78 is 0. The Bertz CT molecular complexity index is 261. The van der Waals surface area contributed by atoms with E-state index in [9.17, 15) is 4.79 Å². The average Bonchev–Trinajstić information content (AvgIpc) is 2.65. The Hall–Kier alpha value is -0.350. The zero-order valence-electron chi connectivity index (χ0n) is 7.42. The maximum Gasteiger partial charge on any atom is 0.234 e. The van der Waals surface area contributed by atoms with Crippen molar-refractivity contribution in [3.8, 4) is 0 Å². The predicted molar refractivity (Wildman–Crippen MR) is 59.2 cm³/mol. The highest BCUT2D eigenvalue weighted by Gasteiger charge is 2.11. The van der Waals surface area contributed by atoms with Crippen molar-refractivity contribution in [2.45, 2.75) is 24.7 Å². The lowest BCUT2D eigenvalue weighted by Crippen LogP contribution is -2.29. The minimum atomic E-state index is -0.0625. The predicted octanol–water partition coefficient (Wildman–Crippen LogP) is 2.54. The molecule has 1 aromatic heterocycles. The van der Waals surface area contributed by atoms with E-state index in [1.165, 1.54) is 4.88 Å². The second-order valence-corrected chi connectivity index (χ2v) is 4.81. The van der Waals surface area contributed by atoms with Gasteiger partial charge in [-0.25, -0.2) is 0 Å². The van der Waals surface area contributed by atoms with E-state index in [1.807, 2.05) is 24.4 Å². The quantitative estimate of drug-likeness (QED) is 0.830. The number of nitrogens with one attached hydrogen (secondary N) is 1. The first kappa shape index (κ1) is 10.7. The van der Waals surface area contributed by atoms with Gasteiger partial charge in [-0.15, -0.1) is 11.3 Å². The van der Waals surface area contributed by atoms with Crippen molar-refractivity contribution in [3.05, 3.63) is 22.4 Å². The van der Waals surface area contributed by atoms with E-state index >= 15 is 0 Å². The lowest BCUT2D eigenvalue weighted by atomic mass is 10.3. The Balaban J connectivity index is 2.31. The van der Waals surface area contributed by atoms with Gasteiger partial charge in [0.25, 0.3) is 0 Å². The van der Waals surface area contributed by atoms with Crippen LogP contribution in [0.1, 0.15) is 18.2 Å². The summed E-state index contributed by atoms with van der Waals surface area (Å²) in [4.78, 5) is 12.4. The van der Waals surface area contributed by atoms with Crippen LogP contribution in [0, 0.1) is 0 Å². The van der Waals surface area contributed by atoms with Crippen molar-refractivity contribution < 1.29 is 4.79 Å². The summed E-state index contributed by atoms with van der Waals surface area (Å²) in [7, 11) is 0. The summed E-state index contributed by atoms with van der Waals surface area (Å²) in [5.41, 5.74) is 0. The topological polar surface area (TPSA) is 29.1 Å². The van der Waals surface area contributed by atoms with Crippen LogP contribution in [-0.2, 0) is 11.3 Å². The molecule has 0 bridgehead atoms. The molecule has 0 aliphatic heterocycles. The van der Waals surface area contributed by atoms with Crippen LogP contribution in [-0.4, -0.2) is 10.7 Å². The molecule has 0 saturated heterocycles. The first-order valence-corrected chi connectivity index (χ1v) is 5.97. The number of carbonyl (C=O) groups excluding carboxylic acids is 1. The van der Waals surface area contributed by atoms with Gasteiger partial charge < -0.3 is 5.32 Å². The Morgan fingerprint density at radius 1 is 1.77 bits per heavy atom. The van der Waals surface area contributed by atoms with Crippen LogP contribution in [0.2, 0.25) is 0 Å². The first-order chi connectivity index (χ1) is 6.24. The molecule has 4 heteroatoms. The molecule has 1 N–H and O–H groups in total. The van der Waals surface area contributed by atoms with E-state index in [4.69, 9.17) is 0 Å². The number of hydrogen-bond acceptors (Lipinski definition) is 2. The number of thiophene rings is 1. The number of alkyl halides is 1. The molecule has 72 valence electrons. The molecule has 0 saturated carbocycles. The summed E-state index contributed by atoms with van der Waals surface area (Å²) in [5.74, 6) is 0.0656. The summed E-state index contributed by atoms with van der Waals surface area (Å²) in [5, 5.41) is 4.87. The van der Waals surface area contributed by atoms with E-state index in [0.717, 1.165) is 6.42 Å². The van der Waals surface area contributed by atoms with E-state index in [1.54, 1.807) is 11.3 Å². The zero-order valence-corrected chi connectivity index (χ0v) is 9.82. The minimum absolute atomic E-state index is 0.0625. The molecule has 0 aliphatic rings. The smallest absolute Gasteiger partial charge is 0.234 e. The highest BCUT2D eigenvalue weighted by Crippen LogP contribution is 2.09. The number of rotatable bonds is 4. The molecular weight excluding hydrogens is 250 g/mol. The van der Waals surface area contributed by atoms with Crippen LogP contribution in [0.3, 0.4) is 0 Å². The number of hydrogen-bond donors (Lipinski definition) is 1. The molecule has 0 aliphatic carbocycles. The molecule has 1 aromatic rings. The second kappa shape index (κ2) is 5.40. The largest absolute Gasteiger partial charge is 0.350 e. The molecule has 0 spiro atoms. The van der Waals surface area contributed by atoms with Gasteiger partial charge in [-0.2, -0.15) is 0 Å². The molecular formula is C9H12BrNOS. The molecule has 2 nitrogen and oxygen atoms in total. The third kappa shape index (κ3) is 3.48. The van der Waals surface area contributed by atoms with Crippen molar-refractivity contribution in [3.63, 3.8) is 0 Å². The summed E-state index contributed by atoms with van der Waals surface area (Å²) in [6, 6.07) is 4.00. The molecule has 0 unspecified atom stereocenters. The normalized spacial score (nSPS) is 12.5. The highest BCUT2D eigenvalue weighted by molar-refractivity contribution is 9.10. The van der Waals surface area contributed by atoms with Crippen molar-refractivity contribution in [1.82, 2.24) is 5.32 Å². The average molecular weight is 262 g/mol. The van der Waals surface area contributed by atoms with Crippen molar-refractivity contribution >= 4 is 33.2 Å². The third-order valence-electron chi connectivity index (χ3n) is 1.66. The number of halogens is 1. The Labute approximate surface area is 90.5 Å². The fraction of sp³-hybridized carbons (Fsp3) is 0.444. The van der Waals surface area contributed by atoms with Crippen molar-refractivity contribution in [1.29, 1.82) is 0 Å². The zero-order chi connectivity index (χ0) is 9.68. The third-order valence-corrected chi connectivity index (χ3v) is 3.60. The van der Waals surface area contributed by atoms with Crippen LogP contribution in [0.5, 0.6) is 0 Å². The van der Waals surface area contributed by atoms with E-state index in [2.05, 4.69) is 21.2 Å². The van der Waals surface area contributed by atoms with E-state index in [-0.39, 0.29) is 10.7 Å². The minimum Gasteiger partial charge on any atom is -0.350 e. The van der Waals surface area contributed by atoms with Crippen LogP contribution in [0.15, 0.2) is 17.5 Å². The molecule has 1 amide bonds. The van der Waals surface area contributed by atoms with E-state index < -0.39 is 0 Å². The maximum absolute atomic E-state index is 11.3. The monoisotopic (exact) mass is 261 g/mol. The molecule has 0 aromatic carbocycles. The standard InChI is InChI=1S/C9H12BrNOS/c1-2-8(10)9(12)11-6-7-4-3-5-13-7/h3-5,8H,2,6H2,1H3,(H,11,12)/t8-/m0/s1. The lowest BCUT2D eigenvalue weighted by Gasteiger charge is -2.06. The highest BCUT2D eigenvalue weighted by atomic mass is 79.9. The molecule has 1 rings (SSSR count). The van der Waals surface area contributed by atoms with Gasteiger partial charge in [0.1, 0.15) is 0 Å². The van der Waals surface area contributed by atoms with Gasteiger partial charge >= 0.3 is 0 Å². The fourth-order valence-corrected chi connectivity index (χ4v) is 1.69. The second-order valence-electron chi connectivity index (χ2n) is 2.67. The number of amides is 1. The molecule has 1 atom stereocenters. The van der Waals surface area contributed by atoms with Gasteiger partial charge in [0.15, 0.2) is 0 Å². The first-order valence-electron chi connectivity index (χ1n) is 4.18. The molecule has 13 heavy (non-hydrogen) atoms. The SMILES string of the molecule is CC[C@H](Br)C(=O)NCc1cccs1. The van der Waals surface area contributed by atoms with Gasteiger partial charge in [0.05, 0.1) is 11.4 Å². The number of carbonyl (C=O) groups is 1. The Kier molecular flexibility index (Phi) is 4.45. The molecule has 0 fully saturated rings. The maximum atomic E-state index is 11.3. The van der Waals surface area contributed by atoms with Crippen molar-refractivity contribution in [2.75, 3.05) is 0 Å². The Morgan fingerprint density at radius 2 is 2.54 bits per heavy atom. The Morgan fingerprint density at radius 3 is 3.08 bits per heavy atom. The van der Waals surface area contributed by atoms with Crippen LogP contribution in [0.4, 0.5) is 0 Å². The lowest BCUT2D eigenvalue weighted by molar-refractivity contribution is -0.120. The molecule has 0 radical (unpaired) electrons. The van der Waals surface area contributed by atoms with Crippen LogP contribution < -0.4 is 5.32 Å². The van der Waals surface area contributed by atoms with Crippen LogP contribution in [0.25, 0.3) is 0 Å². The molecule has 1 heterocycles. The van der Waals surface area contributed by atoms with Crippen LogP contribution >= 0.6 is 27.3 Å². The fourth-order valence-electron chi connectivity index (χ4n) is 0.884. The summed E-state index contributed by atoms with van der Waals surface area (Å²) >= 11 is 4.95. The van der Waals surface area contributed by atoms with Gasteiger partial charge in [0.2, 0.25) is 5.91 Å². The van der Waals surface area contributed by atoms with Gasteiger partial charge in [-0.3, -0.25) is 4.79 Å².